The Hall–Kier alpha value is -1.06. The van der Waals surface area contributed by atoms with Crippen molar-refractivity contribution in [2.75, 3.05) is 25.0 Å². The summed E-state index contributed by atoms with van der Waals surface area (Å²) in [6.45, 7) is 4.26. The minimum atomic E-state index is 0. The summed E-state index contributed by atoms with van der Waals surface area (Å²) in [5.41, 5.74) is 2.19. The van der Waals surface area contributed by atoms with Crippen molar-refractivity contribution in [1.82, 2.24) is 5.32 Å². The van der Waals surface area contributed by atoms with Gasteiger partial charge in [-0.25, -0.2) is 0 Å². The highest BCUT2D eigenvalue weighted by molar-refractivity contribution is 5.92. The van der Waals surface area contributed by atoms with Gasteiger partial charge in [0.25, 0.3) is 0 Å². The Kier molecular flexibility index (Phi) is 7.03. The lowest BCUT2D eigenvalue weighted by atomic mass is 9.93. The molecule has 0 aromatic heterocycles. The molecule has 1 saturated heterocycles. The van der Waals surface area contributed by atoms with Gasteiger partial charge in [0.05, 0.1) is 0 Å². The van der Waals surface area contributed by atoms with Crippen molar-refractivity contribution >= 4 is 24.0 Å². The summed E-state index contributed by atoms with van der Waals surface area (Å²) >= 11 is 0. The molecule has 0 spiro atoms. The first-order valence-electron chi connectivity index (χ1n) is 7.21. The predicted molar refractivity (Wildman–Crippen MR) is 86.7 cm³/mol. The number of nitrogens with zero attached hydrogens (tertiary/aromatic N) is 1. The Labute approximate surface area is 128 Å². The van der Waals surface area contributed by atoms with Gasteiger partial charge in [0.1, 0.15) is 0 Å². The zero-order chi connectivity index (χ0) is 13.7. The van der Waals surface area contributed by atoms with Gasteiger partial charge in [-0.2, -0.15) is 0 Å². The molecule has 1 amide bonds. The highest BCUT2D eigenvalue weighted by Gasteiger charge is 2.16. The molecular weight excluding hydrogens is 272 g/mol. The molecule has 0 saturated carbocycles. The SMILES string of the molecule is Cc1cccc(N(C)C(=O)CCC2CCNCC2)c1.Cl. The fourth-order valence-electron chi connectivity index (χ4n) is 2.65. The quantitative estimate of drug-likeness (QED) is 0.926. The number of carbonyl (C=O) groups excluding carboxylic acids is 1. The van der Waals surface area contributed by atoms with E-state index in [4.69, 9.17) is 0 Å². The van der Waals surface area contributed by atoms with Gasteiger partial charge >= 0.3 is 0 Å². The van der Waals surface area contributed by atoms with Crippen molar-refractivity contribution < 1.29 is 4.79 Å². The van der Waals surface area contributed by atoms with Crippen LogP contribution in [0.5, 0.6) is 0 Å². The molecule has 1 aromatic rings. The van der Waals surface area contributed by atoms with E-state index in [-0.39, 0.29) is 18.3 Å². The van der Waals surface area contributed by atoms with Crippen LogP contribution in [0.3, 0.4) is 0 Å². The lowest BCUT2D eigenvalue weighted by molar-refractivity contribution is -0.118. The van der Waals surface area contributed by atoms with Gasteiger partial charge in [0, 0.05) is 19.2 Å². The number of nitrogens with one attached hydrogen (secondary N) is 1. The molecule has 3 nitrogen and oxygen atoms in total. The van der Waals surface area contributed by atoms with Crippen LogP contribution in [-0.2, 0) is 4.79 Å². The monoisotopic (exact) mass is 296 g/mol. The van der Waals surface area contributed by atoms with Crippen LogP contribution in [0, 0.1) is 12.8 Å². The maximum absolute atomic E-state index is 12.2. The maximum atomic E-state index is 12.2. The molecule has 1 fully saturated rings. The third-order valence-electron chi connectivity index (χ3n) is 3.99. The lowest BCUT2D eigenvalue weighted by Crippen LogP contribution is -2.30. The van der Waals surface area contributed by atoms with E-state index < -0.39 is 0 Å². The second kappa shape index (κ2) is 8.28. The molecule has 1 aliphatic rings. The molecule has 0 radical (unpaired) electrons. The topological polar surface area (TPSA) is 32.3 Å². The average Bonchev–Trinajstić information content (AvgIpc) is 2.45. The molecule has 0 aliphatic carbocycles. The smallest absolute Gasteiger partial charge is 0.226 e. The Bertz CT molecular complexity index is 430. The van der Waals surface area contributed by atoms with E-state index in [0.29, 0.717) is 6.42 Å². The molecule has 20 heavy (non-hydrogen) atoms. The Morgan fingerprint density at radius 2 is 2.05 bits per heavy atom. The number of hydrogen-bond donors (Lipinski definition) is 1. The van der Waals surface area contributed by atoms with Crippen LogP contribution in [0.1, 0.15) is 31.2 Å². The van der Waals surface area contributed by atoms with E-state index in [1.807, 2.05) is 19.2 Å². The van der Waals surface area contributed by atoms with Crippen LogP contribution in [0.4, 0.5) is 5.69 Å². The molecule has 1 aromatic carbocycles. The molecule has 2 rings (SSSR count). The van der Waals surface area contributed by atoms with Crippen LogP contribution < -0.4 is 10.2 Å². The summed E-state index contributed by atoms with van der Waals surface area (Å²) in [5, 5.41) is 3.36. The normalized spacial score (nSPS) is 15.5. The molecule has 4 heteroatoms. The second-order valence-electron chi connectivity index (χ2n) is 5.52. The standard InChI is InChI=1S/C16H24N2O.ClH/c1-13-4-3-5-15(12-13)18(2)16(19)7-6-14-8-10-17-11-9-14;/h3-5,12,14,17H,6-11H2,1-2H3;1H. The summed E-state index contributed by atoms with van der Waals surface area (Å²) in [4.78, 5) is 14.0. The average molecular weight is 297 g/mol. The minimum Gasteiger partial charge on any atom is -0.317 e. The number of aryl methyl sites for hydroxylation is 1. The Morgan fingerprint density at radius 3 is 2.70 bits per heavy atom. The number of benzene rings is 1. The molecule has 0 unspecified atom stereocenters. The number of halogens is 1. The van der Waals surface area contributed by atoms with Gasteiger partial charge in [-0.3, -0.25) is 4.79 Å². The van der Waals surface area contributed by atoms with E-state index in [9.17, 15) is 4.79 Å². The predicted octanol–water partition coefficient (Wildman–Crippen LogP) is 3.16. The van der Waals surface area contributed by atoms with E-state index in [1.54, 1.807) is 4.90 Å². The fraction of sp³-hybridized carbons (Fsp3) is 0.562. The molecule has 0 atom stereocenters. The summed E-state index contributed by atoms with van der Waals surface area (Å²) in [6.07, 6.45) is 4.11. The van der Waals surface area contributed by atoms with Crippen molar-refractivity contribution in [2.24, 2.45) is 5.92 Å². The zero-order valence-electron chi connectivity index (χ0n) is 12.4. The number of hydrogen-bond acceptors (Lipinski definition) is 2. The highest BCUT2D eigenvalue weighted by Crippen LogP contribution is 2.20. The summed E-state index contributed by atoms with van der Waals surface area (Å²) in [7, 11) is 1.87. The van der Waals surface area contributed by atoms with E-state index in [2.05, 4.69) is 24.4 Å². The lowest BCUT2D eigenvalue weighted by Gasteiger charge is -2.23. The first-order valence-corrected chi connectivity index (χ1v) is 7.21. The third kappa shape index (κ3) is 4.80. The van der Waals surface area contributed by atoms with Crippen LogP contribution in [0.25, 0.3) is 0 Å². The maximum Gasteiger partial charge on any atom is 0.226 e. The van der Waals surface area contributed by atoms with Gasteiger partial charge in [-0.05, 0) is 62.9 Å². The molecule has 1 heterocycles. The Balaban J connectivity index is 0.00000200. The molecule has 0 bridgehead atoms. The van der Waals surface area contributed by atoms with Gasteiger partial charge in [0.15, 0.2) is 0 Å². The number of rotatable bonds is 4. The van der Waals surface area contributed by atoms with Gasteiger partial charge in [0.2, 0.25) is 5.91 Å². The molecular formula is C16H25ClN2O. The van der Waals surface area contributed by atoms with Crippen LogP contribution in [0.15, 0.2) is 24.3 Å². The molecule has 112 valence electrons. The summed E-state index contributed by atoms with van der Waals surface area (Å²) < 4.78 is 0. The second-order valence-corrected chi connectivity index (χ2v) is 5.52. The molecule has 1 aliphatic heterocycles. The van der Waals surface area contributed by atoms with Crippen molar-refractivity contribution in [3.8, 4) is 0 Å². The number of piperidine rings is 1. The van der Waals surface area contributed by atoms with Gasteiger partial charge < -0.3 is 10.2 Å². The molecule has 1 N–H and O–H groups in total. The van der Waals surface area contributed by atoms with Crippen LogP contribution in [0.2, 0.25) is 0 Å². The first-order chi connectivity index (χ1) is 9.16. The van der Waals surface area contributed by atoms with Crippen LogP contribution in [-0.4, -0.2) is 26.0 Å². The minimum absolute atomic E-state index is 0. The number of anilines is 1. The van der Waals surface area contributed by atoms with Gasteiger partial charge in [-0.1, -0.05) is 12.1 Å². The highest BCUT2D eigenvalue weighted by atomic mass is 35.5. The van der Waals surface area contributed by atoms with E-state index >= 15 is 0 Å². The van der Waals surface area contributed by atoms with E-state index in [1.165, 1.54) is 18.4 Å². The van der Waals surface area contributed by atoms with Crippen molar-refractivity contribution in [3.05, 3.63) is 29.8 Å². The van der Waals surface area contributed by atoms with Gasteiger partial charge in [-0.15, -0.1) is 12.4 Å². The number of amides is 1. The van der Waals surface area contributed by atoms with Crippen molar-refractivity contribution in [2.45, 2.75) is 32.6 Å². The van der Waals surface area contributed by atoms with Crippen LogP contribution >= 0.6 is 12.4 Å². The van der Waals surface area contributed by atoms with E-state index in [0.717, 1.165) is 31.1 Å². The first kappa shape index (κ1) is 17.0. The fourth-order valence-corrected chi connectivity index (χ4v) is 2.65. The summed E-state index contributed by atoms with van der Waals surface area (Å²) in [6, 6.07) is 8.11. The largest absolute Gasteiger partial charge is 0.317 e. The zero-order valence-corrected chi connectivity index (χ0v) is 13.2. The third-order valence-corrected chi connectivity index (χ3v) is 3.99. The van der Waals surface area contributed by atoms with Crippen molar-refractivity contribution in [3.63, 3.8) is 0 Å². The summed E-state index contributed by atoms with van der Waals surface area (Å²) in [5.74, 6) is 0.945. The number of carbonyl (C=O) groups is 1. The Morgan fingerprint density at radius 1 is 1.35 bits per heavy atom. The van der Waals surface area contributed by atoms with Crippen molar-refractivity contribution in [1.29, 1.82) is 0 Å².